The van der Waals surface area contributed by atoms with Crippen molar-refractivity contribution in [1.29, 1.82) is 0 Å². The molecule has 3 fully saturated rings. The average molecular weight is 332 g/mol. The van der Waals surface area contributed by atoms with Crippen LogP contribution in [0.2, 0.25) is 0 Å². The molecule has 0 radical (unpaired) electrons. The number of rotatable bonds is 4. The van der Waals surface area contributed by atoms with Crippen LogP contribution in [0.15, 0.2) is 12.2 Å². The molecule has 9 heteroatoms. The van der Waals surface area contributed by atoms with E-state index in [4.69, 9.17) is 13.7 Å². The number of hydrogen-bond acceptors (Lipinski definition) is 8. The zero-order valence-corrected chi connectivity index (χ0v) is 12.9. The lowest BCUT2D eigenvalue weighted by atomic mass is 9.83. The van der Waals surface area contributed by atoms with E-state index in [0.29, 0.717) is 0 Å². The Balaban J connectivity index is 1.89. The number of hydrogen-bond donors (Lipinski definition) is 0. The maximum atomic E-state index is 12.1. The number of methoxy groups -OCH3 is 1. The van der Waals surface area contributed by atoms with Crippen LogP contribution in [-0.2, 0) is 38.1 Å². The molecule has 0 saturated carbocycles. The largest absolute Gasteiger partial charge is 0.469 e. The van der Waals surface area contributed by atoms with Crippen molar-refractivity contribution in [3.05, 3.63) is 12.2 Å². The van der Waals surface area contributed by atoms with Gasteiger partial charge >= 0.3 is 11.9 Å². The predicted molar refractivity (Wildman–Crippen MR) is 71.1 cm³/mol. The minimum Gasteiger partial charge on any atom is -0.469 e. The summed E-state index contributed by atoms with van der Waals surface area (Å²) in [6, 6.07) is 0. The molecule has 0 spiro atoms. The maximum Gasteiger partial charge on any atom is 0.333 e. The Bertz CT molecular complexity index is 638. The van der Waals surface area contributed by atoms with Crippen LogP contribution in [0.25, 0.3) is 0 Å². The van der Waals surface area contributed by atoms with E-state index < -0.39 is 57.6 Å². The summed E-state index contributed by atoms with van der Waals surface area (Å²) in [6.45, 7) is 4.96. The smallest absolute Gasteiger partial charge is 0.333 e. The highest BCUT2D eigenvalue weighted by molar-refractivity contribution is 7.87. The van der Waals surface area contributed by atoms with Crippen LogP contribution in [0.4, 0.5) is 0 Å². The highest BCUT2D eigenvalue weighted by Crippen LogP contribution is 2.52. The normalized spacial score (nSPS) is 40.5. The third-order valence-electron chi connectivity index (χ3n) is 4.25. The fourth-order valence-corrected chi connectivity index (χ4v) is 5.21. The molecule has 3 aliphatic rings. The molecule has 0 amide bonds. The summed E-state index contributed by atoms with van der Waals surface area (Å²) >= 11 is 0. The van der Waals surface area contributed by atoms with Crippen molar-refractivity contribution < 1.29 is 36.4 Å². The zero-order chi connectivity index (χ0) is 16.2. The van der Waals surface area contributed by atoms with Crippen LogP contribution < -0.4 is 0 Å². The van der Waals surface area contributed by atoms with Gasteiger partial charge in [0.15, 0.2) is 6.10 Å². The fraction of sp³-hybridized carbons (Fsp3) is 0.692. The molecular weight excluding hydrogens is 316 g/mol. The summed E-state index contributed by atoms with van der Waals surface area (Å²) < 4.78 is 44.8. The first kappa shape index (κ1) is 15.4. The first-order valence-electron chi connectivity index (χ1n) is 6.77. The van der Waals surface area contributed by atoms with Gasteiger partial charge in [-0.1, -0.05) is 6.58 Å². The highest BCUT2D eigenvalue weighted by Gasteiger charge is 2.71. The highest BCUT2D eigenvalue weighted by atomic mass is 32.2. The van der Waals surface area contributed by atoms with Gasteiger partial charge in [-0.25, -0.2) is 4.79 Å². The van der Waals surface area contributed by atoms with Gasteiger partial charge in [0.25, 0.3) is 10.1 Å². The molecule has 122 valence electrons. The van der Waals surface area contributed by atoms with Gasteiger partial charge in [0.05, 0.1) is 13.5 Å². The summed E-state index contributed by atoms with van der Waals surface area (Å²) in [5.41, 5.74) is 0.185. The van der Waals surface area contributed by atoms with E-state index in [0.717, 1.165) is 0 Å². The Kier molecular flexibility index (Phi) is 3.54. The molecule has 0 aromatic rings. The van der Waals surface area contributed by atoms with Gasteiger partial charge in [-0.2, -0.15) is 8.42 Å². The second kappa shape index (κ2) is 5.04. The van der Waals surface area contributed by atoms with Crippen molar-refractivity contribution >= 4 is 22.1 Å². The summed E-state index contributed by atoms with van der Waals surface area (Å²) in [5, 5.41) is -0.929. The number of carbonyl (C=O) groups excluding carboxylic acids is 2. The number of ether oxygens (including phenoxy) is 3. The van der Waals surface area contributed by atoms with Crippen LogP contribution in [0.5, 0.6) is 0 Å². The molecule has 8 nitrogen and oxygen atoms in total. The topological polar surface area (TPSA) is 105 Å². The fourth-order valence-electron chi connectivity index (χ4n) is 3.32. The molecule has 3 rings (SSSR count). The molecule has 22 heavy (non-hydrogen) atoms. The Morgan fingerprint density at radius 2 is 1.91 bits per heavy atom. The molecule has 0 aromatic carbocycles. The predicted octanol–water partition coefficient (Wildman–Crippen LogP) is -0.468. The summed E-state index contributed by atoms with van der Waals surface area (Å²) in [6.07, 6.45) is -3.32. The minimum absolute atomic E-state index is 0.140. The van der Waals surface area contributed by atoms with E-state index in [1.54, 1.807) is 0 Å². The van der Waals surface area contributed by atoms with Gasteiger partial charge in [-0.3, -0.25) is 8.98 Å². The molecule has 3 aliphatic heterocycles. The summed E-state index contributed by atoms with van der Waals surface area (Å²) in [4.78, 5) is 23.3. The van der Waals surface area contributed by atoms with Gasteiger partial charge in [-0.05, 0) is 6.92 Å². The van der Waals surface area contributed by atoms with Gasteiger partial charge in [-0.15, -0.1) is 0 Å². The first-order chi connectivity index (χ1) is 10.3. The van der Waals surface area contributed by atoms with Crippen molar-refractivity contribution in [2.45, 2.75) is 43.0 Å². The number of carbonyl (C=O) groups is 2. The van der Waals surface area contributed by atoms with Crippen LogP contribution in [-0.4, -0.2) is 57.1 Å². The van der Waals surface area contributed by atoms with E-state index in [2.05, 4.69) is 11.3 Å². The molecule has 3 saturated heterocycles. The molecule has 6 atom stereocenters. The van der Waals surface area contributed by atoms with Crippen LogP contribution in [0, 0.1) is 5.92 Å². The lowest BCUT2D eigenvalue weighted by Crippen LogP contribution is -2.47. The lowest BCUT2D eigenvalue weighted by Gasteiger charge is -2.27. The average Bonchev–Trinajstić information content (AvgIpc) is 3.01. The maximum absolute atomic E-state index is 12.1. The van der Waals surface area contributed by atoms with Gasteiger partial charge in [0, 0.05) is 11.5 Å². The van der Waals surface area contributed by atoms with Gasteiger partial charge in [0.2, 0.25) is 0 Å². The monoisotopic (exact) mass is 332 g/mol. The summed E-state index contributed by atoms with van der Waals surface area (Å²) in [5.74, 6) is -1.86. The third-order valence-corrected chi connectivity index (χ3v) is 6.03. The Hall–Kier alpha value is -1.45. The molecule has 0 aliphatic carbocycles. The van der Waals surface area contributed by atoms with E-state index in [1.807, 2.05) is 0 Å². The molecule has 0 aromatic heterocycles. The minimum atomic E-state index is -3.87. The van der Waals surface area contributed by atoms with Crippen molar-refractivity contribution in [2.75, 3.05) is 7.11 Å². The second-order valence-corrected chi connectivity index (χ2v) is 7.40. The third kappa shape index (κ3) is 2.15. The van der Waals surface area contributed by atoms with Crippen LogP contribution >= 0.6 is 0 Å². The SMILES string of the molecule is C=C(C)C(=O)OC1C2OC3C1OS(=O)(=O)C3C2CC(=O)OC. The lowest BCUT2D eigenvalue weighted by molar-refractivity contribution is -0.151. The second-order valence-electron chi connectivity index (χ2n) is 5.68. The van der Waals surface area contributed by atoms with Crippen molar-refractivity contribution in [1.82, 2.24) is 0 Å². The standard InChI is InChI=1S/C13H16O8S/c1-5(2)13(15)20-9-8-6(4-7(14)18-3)12-11(19-8)10(9)21-22(12,16)17/h6,8-12H,1,4H2,2-3H3. The first-order valence-corrected chi connectivity index (χ1v) is 8.24. The van der Waals surface area contributed by atoms with Gasteiger partial charge in [0.1, 0.15) is 23.6 Å². The van der Waals surface area contributed by atoms with E-state index >= 15 is 0 Å². The molecule has 2 bridgehead atoms. The van der Waals surface area contributed by atoms with Gasteiger partial charge < -0.3 is 14.2 Å². The van der Waals surface area contributed by atoms with Crippen molar-refractivity contribution in [2.24, 2.45) is 5.92 Å². The molecular formula is C13H16O8S. The molecule has 6 unspecified atom stereocenters. The van der Waals surface area contributed by atoms with Crippen LogP contribution in [0.1, 0.15) is 13.3 Å². The van der Waals surface area contributed by atoms with Crippen LogP contribution in [0.3, 0.4) is 0 Å². The van der Waals surface area contributed by atoms with E-state index in [1.165, 1.54) is 14.0 Å². The molecule has 0 N–H and O–H groups in total. The quantitative estimate of drug-likeness (QED) is 0.386. The number of fused-ring (bicyclic) bond motifs is 1. The Morgan fingerprint density at radius 1 is 1.23 bits per heavy atom. The number of esters is 2. The zero-order valence-electron chi connectivity index (χ0n) is 12.1. The summed E-state index contributed by atoms with van der Waals surface area (Å²) in [7, 11) is -2.65. The van der Waals surface area contributed by atoms with Crippen molar-refractivity contribution in [3.63, 3.8) is 0 Å². The Labute approximate surface area is 127 Å². The van der Waals surface area contributed by atoms with E-state index in [9.17, 15) is 18.0 Å². The molecule has 3 heterocycles. The van der Waals surface area contributed by atoms with Crippen molar-refractivity contribution in [3.8, 4) is 0 Å². The Morgan fingerprint density at radius 3 is 2.50 bits per heavy atom. The van der Waals surface area contributed by atoms with E-state index in [-0.39, 0.29) is 12.0 Å².